The van der Waals surface area contributed by atoms with Crippen molar-refractivity contribution in [1.29, 1.82) is 0 Å². The lowest BCUT2D eigenvalue weighted by Crippen LogP contribution is -2.52. The van der Waals surface area contributed by atoms with Crippen LogP contribution in [0.5, 0.6) is 0 Å². The van der Waals surface area contributed by atoms with Crippen molar-refractivity contribution < 1.29 is 14.3 Å². The molecule has 3 atom stereocenters. The third-order valence-corrected chi connectivity index (χ3v) is 3.70. The fourth-order valence-electron chi connectivity index (χ4n) is 2.82. The van der Waals surface area contributed by atoms with E-state index in [9.17, 15) is 9.59 Å². The predicted molar refractivity (Wildman–Crippen MR) is 73.4 cm³/mol. The van der Waals surface area contributed by atoms with Crippen LogP contribution in [0.2, 0.25) is 0 Å². The Labute approximate surface area is 116 Å². The molecule has 2 amide bonds. The van der Waals surface area contributed by atoms with Gasteiger partial charge >= 0.3 is 12.0 Å². The zero-order chi connectivity index (χ0) is 14.3. The summed E-state index contributed by atoms with van der Waals surface area (Å²) in [4.78, 5) is 23.7. The van der Waals surface area contributed by atoms with Gasteiger partial charge in [0.1, 0.15) is 6.04 Å². The molecule has 1 aromatic rings. The Balaban J connectivity index is 1.99. The molecular formula is C14H17N3O3. The molecule has 6 nitrogen and oxygen atoms in total. The van der Waals surface area contributed by atoms with Gasteiger partial charge in [0.2, 0.25) is 0 Å². The van der Waals surface area contributed by atoms with Gasteiger partial charge < -0.3 is 20.7 Å². The highest BCUT2D eigenvalue weighted by molar-refractivity contribution is 5.87. The fraction of sp³-hybridized carbons (Fsp3) is 0.429. The molecule has 0 aliphatic carbocycles. The van der Waals surface area contributed by atoms with Crippen LogP contribution in [0.25, 0.3) is 0 Å². The molecule has 2 aliphatic rings. The maximum atomic E-state index is 12.1. The molecule has 2 aliphatic heterocycles. The average molecular weight is 275 g/mol. The van der Waals surface area contributed by atoms with E-state index < -0.39 is 6.04 Å². The van der Waals surface area contributed by atoms with Crippen molar-refractivity contribution in [2.45, 2.75) is 32.0 Å². The lowest BCUT2D eigenvalue weighted by atomic mass is 9.88. The van der Waals surface area contributed by atoms with Gasteiger partial charge in [0, 0.05) is 11.3 Å². The first-order chi connectivity index (χ1) is 9.60. The first-order valence-electron chi connectivity index (χ1n) is 6.71. The van der Waals surface area contributed by atoms with Crippen LogP contribution in [0, 0.1) is 6.92 Å². The standard InChI is InChI=1S/C14H17N3O3/c1-3-20-13(18)12-11-10(16-14(19)17-11)8-6-7(2)4-5-9(8)15-12/h4-6,10-12,15H,3H2,1-2H3,(H2,16,17,19)/t10-,11+,12-/m0/s1. The summed E-state index contributed by atoms with van der Waals surface area (Å²) in [7, 11) is 0. The van der Waals surface area contributed by atoms with Crippen molar-refractivity contribution in [3.8, 4) is 0 Å². The lowest BCUT2D eigenvalue weighted by molar-refractivity contribution is -0.144. The smallest absolute Gasteiger partial charge is 0.330 e. The van der Waals surface area contributed by atoms with Crippen LogP contribution in [0.4, 0.5) is 10.5 Å². The summed E-state index contributed by atoms with van der Waals surface area (Å²) in [5, 5.41) is 8.83. The van der Waals surface area contributed by atoms with Gasteiger partial charge in [-0.3, -0.25) is 0 Å². The Hall–Kier alpha value is -2.24. The van der Waals surface area contributed by atoms with Crippen LogP contribution < -0.4 is 16.0 Å². The van der Waals surface area contributed by atoms with Crippen LogP contribution in [0.3, 0.4) is 0 Å². The zero-order valence-electron chi connectivity index (χ0n) is 11.4. The monoisotopic (exact) mass is 275 g/mol. The van der Waals surface area contributed by atoms with E-state index in [1.54, 1.807) is 6.92 Å². The Morgan fingerprint density at radius 2 is 2.10 bits per heavy atom. The van der Waals surface area contributed by atoms with Gasteiger partial charge in [-0.15, -0.1) is 0 Å². The van der Waals surface area contributed by atoms with E-state index in [0.717, 1.165) is 16.8 Å². The predicted octanol–water partition coefficient (Wildman–Crippen LogP) is 1.07. The maximum absolute atomic E-state index is 12.1. The Morgan fingerprint density at radius 3 is 2.85 bits per heavy atom. The van der Waals surface area contributed by atoms with E-state index in [4.69, 9.17) is 4.74 Å². The highest BCUT2D eigenvalue weighted by Crippen LogP contribution is 2.36. The third kappa shape index (κ3) is 1.97. The summed E-state index contributed by atoms with van der Waals surface area (Å²) in [5.74, 6) is -0.349. The molecule has 0 unspecified atom stereocenters. The molecule has 1 aromatic carbocycles. The van der Waals surface area contributed by atoms with Gasteiger partial charge in [0.25, 0.3) is 0 Å². The molecule has 0 spiro atoms. The number of hydrogen-bond acceptors (Lipinski definition) is 4. The summed E-state index contributed by atoms with van der Waals surface area (Å²) in [6, 6.07) is 4.54. The SMILES string of the molecule is CCOC(=O)[C@H]1Nc2ccc(C)cc2[C@@H]2NC(=O)N[C@@H]12. The highest BCUT2D eigenvalue weighted by atomic mass is 16.5. The Kier molecular flexibility index (Phi) is 3.00. The first kappa shape index (κ1) is 12.8. The summed E-state index contributed by atoms with van der Waals surface area (Å²) >= 11 is 0. The molecule has 1 saturated heterocycles. The van der Waals surface area contributed by atoms with Crippen LogP contribution >= 0.6 is 0 Å². The largest absolute Gasteiger partial charge is 0.464 e. The van der Waals surface area contributed by atoms with Crippen molar-refractivity contribution in [2.24, 2.45) is 0 Å². The van der Waals surface area contributed by atoms with E-state index in [2.05, 4.69) is 16.0 Å². The number of benzene rings is 1. The van der Waals surface area contributed by atoms with Crippen molar-refractivity contribution >= 4 is 17.7 Å². The fourth-order valence-corrected chi connectivity index (χ4v) is 2.82. The second-order valence-electron chi connectivity index (χ2n) is 5.09. The minimum Gasteiger partial charge on any atom is -0.464 e. The van der Waals surface area contributed by atoms with Crippen molar-refractivity contribution in [1.82, 2.24) is 10.6 Å². The van der Waals surface area contributed by atoms with Crippen LogP contribution in [0.1, 0.15) is 24.1 Å². The Bertz CT molecular complexity index is 573. The normalized spacial score (nSPS) is 26.7. The van der Waals surface area contributed by atoms with Crippen molar-refractivity contribution in [2.75, 3.05) is 11.9 Å². The van der Waals surface area contributed by atoms with Crippen molar-refractivity contribution in [3.05, 3.63) is 29.3 Å². The lowest BCUT2D eigenvalue weighted by Gasteiger charge is -2.34. The minimum absolute atomic E-state index is 0.215. The number of carbonyl (C=O) groups is 2. The summed E-state index contributed by atoms with van der Waals surface area (Å²) < 4.78 is 5.08. The summed E-state index contributed by atoms with van der Waals surface area (Å²) in [5.41, 5.74) is 2.97. The third-order valence-electron chi connectivity index (χ3n) is 3.70. The number of carbonyl (C=O) groups excluding carboxylic acids is 2. The van der Waals surface area contributed by atoms with Crippen LogP contribution in [-0.4, -0.2) is 30.7 Å². The molecule has 3 rings (SSSR count). The molecule has 0 bridgehead atoms. The summed E-state index contributed by atoms with van der Waals surface area (Å²) in [6.07, 6.45) is 0. The number of anilines is 1. The van der Waals surface area contributed by atoms with E-state index in [0.29, 0.717) is 6.61 Å². The van der Waals surface area contributed by atoms with Gasteiger partial charge in [0.05, 0.1) is 18.7 Å². The van der Waals surface area contributed by atoms with E-state index in [1.165, 1.54) is 0 Å². The number of amides is 2. The second-order valence-corrected chi connectivity index (χ2v) is 5.09. The van der Waals surface area contributed by atoms with Crippen LogP contribution in [-0.2, 0) is 9.53 Å². The second kappa shape index (κ2) is 4.70. The molecular weight excluding hydrogens is 258 g/mol. The average Bonchev–Trinajstić information content (AvgIpc) is 2.80. The molecule has 106 valence electrons. The van der Waals surface area contributed by atoms with Gasteiger partial charge in [0.15, 0.2) is 0 Å². The quantitative estimate of drug-likeness (QED) is 0.706. The molecule has 1 fully saturated rings. The molecule has 2 heterocycles. The molecule has 0 aromatic heterocycles. The number of rotatable bonds is 2. The van der Waals surface area contributed by atoms with Gasteiger partial charge in [-0.25, -0.2) is 9.59 Å². The minimum atomic E-state index is -0.575. The number of hydrogen-bond donors (Lipinski definition) is 3. The molecule has 20 heavy (non-hydrogen) atoms. The number of fused-ring (bicyclic) bond motifs is 3. The number of aryl methyl sites for hydroxylation is 1. The van der Waals surface area contributed by atoms with E-state index in [1.807, 2.05) is 25.1 Å². The molecule has 6 heteroatoms. The van der Waals surface area contributed by atoms with Crippen LogP contribution in [0.15, 0.2) is 18.2 Å². The Morgan fingerprint density at radius 1 is 1.30 bits per heavy atom. The number of urea groups is 1. The van der Waals surface area contributed by atoms with Gasteiger partial charge in [-0.2, -0.15) is 0 Å². The molecule has 3 N–H and O–H groups in total. The highest BCUT2D eigenvalue weighted by Gasteiger charge is 2.46. The topological polar surface area (TPSA) is 79.5 Å². The number of esters is 1. The van der Waals surface area contributed by atoms with Crippen molar-refractivity contribution in [3.63, 3.8) is 0 Å². The van der Waals surface area contributed by atoms with Gasteiger partial charge in [-0.1, -0.05) is 17.7 Å². The number of ether oxygens (including phenoxy) is 1. The zero-order valence-corrected chi connectivity index (χ0v) is 11.4. The van der Waals surface area contributed by atoms with E-state index in [-0.39, 0.29) is 24.1 Å². The first-order valence-corrected chi connectivity index (χ1v) is 6.71. The maximum Gasteiger partial charge on any atom is 0.330 e. The summed E-state index contributed by atoms with van der Waals surface area (Å²) in [6.45, 7) is 4.08. The number of nitrogens with one attached hydrogen (secondary N) is 3. The molecule has 0 radical (unpaired) electrons. The van der Waals surface area contributed by atoms with E-state index >= 15 is 0 Å². The molecule has 0 saturated carbocycles. The van der Waals surface area contributed by atoms with Gasteiger partial charge in [-0.05, 0) is 19.9 Å².